The van der Waals surface area contributed by atoms with Crippen molar-refractivity contribution in [3.8, 4) is 11.1 Å². The molecule has 1 aromatic heterocycles. The lowest BCUT2D eigenvalue weighted by Crippen LogP contribution is -2.04. The Bertz CT molecular complexity index is 647. The molecule has 0 aliphatic carbocycles. The summed E-state index contributed by atoms with van der Waals surface area (Å²) in [5.74, 6) is -1.90. The van der Waals surface area contributed by atoms with Crippen molar-refractivity contribution in [2.45, 2.75) is 6.42 Å². The van der Waals surface area contributed by atoms with Crippen LogP contribution in [0.1, 0.15) is 5.56 Å². The number of carboxylic acids is 1. The number of hydrogen-bond donors (Lipinski definition) is 1. The van der Waals surface area contributed by atoms with Crippen molar-refractivity contribution >= 4 is 29.2 Å². The molecule has 0 atom stereocenters. The van der Waals surface area contributed by atoms with Crippen LogP contribution in [-0.4, -0.2) is 16.1 Å². The Morgan fingerprint density at radius 2 is 1.95 bits per heavy atom. The van der Waals surface area contributed by atoms with Gasteiger partial charge in [0.15, 0.2) is 0 Å². The largest absolute Gasteiger partial charge is 0.481 e. The molecule has 2 aromatic rings. The molecular formula is C13H8Cl2FNO2. The number of aromatic nitrogens is 1. The van der Waals surface area contributed by atoms with Crippen molar-refractivity contribution in [3.63, 3.8) is 0 Å². The van der Waals surface area contributed by atoms with Gasteiger partial charge in [0, 0.05) is 17.3 Å². The van der Waals surface area contributed by atoms with Gasteiger partial charge in [0.2, 0.25) is 5.95 Å². The highest BCUT2D eigenvalue weighted by Gasteiger charge is 2.11. The lowest BCUT2D eigenvalue weighted by molar-refractivity contribution is -0.136. The molecule has 0 saturated heterocycles. The Labute approximate surface area is 118 Å². The van der Waals surface area contributed by atoms with E-state index in [-0.39, 0.29) is 5.56 Å². The third kappa shape index (κ3) is 3.22. The summed E-state index contributed by atoms with van der Waals surface area (Å²) >= 11 is 11.7. The van der Waals surface area contributed by atoms with E-state index in [1.807, 2.05) is 0 Å². The fraction of sp³-hybridized carbons (Fsp3) is 0.0769. The molecule has 0 fully saturated rings. The number of carbonyl (C=O) groups is 1. The van der Waals surface area contributed by atoms with Crippen LogP contribution in [0.2, 0.25) is 10.0 Å². The molecule has 0 spiro atoms. The zero-order chi connectivity index (χ0) is 14.0. The van der Waals surface area contributed by atoms with Crippen molar-refractivity contribution < 1.29 is 14.3 Å². The number of nitrogens with zero attached hydrogens (tertiary/aromatic N) is 1. The molecule has 3 nitrogen and oxygen atoms in total. The standard InChI is InChI=1S/C13H8Cl2FNO2/c14-10-2-1-7(4-11(10)15)9-3-8(5-12(18)19)13(16)17-6-9/h1-4,6H,5H2,(H,18,19). The summed E-state index contributed by atoms with van der Waals surface area (Å²) in [5, 5.41) is 9.47. The number of rotatable bonds is 3. The highest BCUT2D eigenvalue weighted by Crippen LogP contribution is 2.28. The van der Waals surface area contributed by atoms with E-state index in [0.29, 0.717) is 21.2 Å². The highest BCUT2D eigenvalue weighted by atomic mass is 35.5. The molecule has 0 saturated carbocycles. The third-order valence-electron chi connectivity index (χ3n) is 2.51. The van der Waals surface area contributed by atoms with Crippen molar-refractivity contribution in [3.05, 3.63) is 52.0 Å². The van der Waals surface area contributed by atoms with E-state index >= 15 is 0 Å². The van der Waals surface area contributed by atoms with Crippen LogP contribution >= 0.6 is 23.2 Å². The van der Waals surface area contributed by atoms with E-state index in [4.69, 9.17) is 28.3 Å². The first-order valence-corrected chi connectivity index (χ1v) is 6.04. The van der Waals surface area contributed by atoms with Gasteiger partial charge in [0.1, 0.15) is 0 Å². The lowest BCUT2D eigenvalue weighted by Gasteiger charge is -2.06. The Morgan fingerprint density at radius 3 is 2.58 bits per heavy atom. The molecule has 0 aliphatic heterocycles. The van der Waals surface area contributed by atoms with Crippen molar-refractivity contribution in [1.29, 1.82) is 0 Å². The molecule has 0 amide bonds. The smallest absolute Gasteiger partial charge is 0.307 e. The van der Waals surface area contributed by atoms with Crippen LogP contribution in [0, 0.1) is 5.95 Å². The van der Waals surface area contributed by atoms with Crippen molar-refractivity contribution in [2.24, 2.45) is 0 Å². The predicted octanol–water partition coefficient (Wildman–Crippen LogP) is 3.82. The second-order valence-electron chi connectivity index (χ2n) is 3.87. The molecule has 0 aliphatic rings. The molecular weight excluding hydrogens is 292 g/mol. The first-order chi connectivity index (χ1) is 8.97. The molecule has 2 rings (SSSR count). The summed E-state index contributed by atoms with van der Waals surface area (Å²) in [4.78, 5) is 14.2. The van der Waals surface area contributed by atoms with Gasteiger partial charge >= 0.3 is 5.97 Å². The van der Waals surface area contributed by atoms with E-state index in [9.17, 15) is 9.18 Å². The van der Waals surface area contributed by atoms with E-state index in [1.165, 1.54) is 12.3 Å². The quantitative estimate of drug-likeness (QED) is 0.877. The van der Waals surface area contributed by atoms with Gasteiger partial charge in [0.25, 0.3) is 0 Å². The summed E-state index contributed by atoms with van der Waals surface area (Å²) < 4.78 is 13.4. The molecule has 0 unspecified atom stereocenters. The SMILES string of the molecule is O=C(O)Cc1cc(-c2ccc(Cl)c(Cl)c2)cnc1F. The molecule has 6 heteroatoms. The Kier molecular flexibility index (Phi) is 4.02. The van der Waals surface area contributed by atoms with Gasteiger partial charge in [-0.3, -0.25) is 4.79 Å². The number of halogens is 3. The molecule has 1 heterocycles. The number of aliphatic carboxylic acids is 1. The summed E-state index contributed by atoms with van der Waals surface area (Å²) in [7, 11) is 0. The minimum atomic E-state index is -1.12. The average Bonchev–Trinajstić information content (AvgIpc) is 2.35. The van der Waals surface area contributed by atoms with Crippen LogP contribution in [0.3, 0.4) is 0 Å². The molecule has 1 aromatic carbocycles. The first kappa shape index (κ1) is 13.8. The Balaban J connectivity index is 2.44. The van der Waals surface area contributed by atoms with Gasteiger partial charge in [-0.25, -0.2) is 4.98 Å². The van der Waals surface area contributed by atoms with E-state index in [2.05, 4.69) is 4.98 Å². The topological polar surface area (TPSA) is 50.2 Å². The van der Waals surface area contributed by atoms with Crippen molar-refractivity contribution in [1.82, 2.24) is 4.98 Å². The van der Waals surface area contributed by atoms with Crippen molar-refractivity contribution in [2.75, 3.05) is 0 Å². The summed E-state index contributed by atoms with van der Waals surface area (Å²) in [6, 6.07) is 6.37. The van der Waals surface area contributed by atoms with Crippen LogP contribution in [0.5, 0.6) is 0 Å². The number of benzene rings is 1. The van der Waals surface area contributed by atoms with Crippen LogP contribution < -0.4 is 0 Å². The van der Waals surface area contributed by atoms with Gasteiger partial charge in [-0.2, -0.15) is 4.39 Å². The normalized spacial score (nSPS) is 10.5. The van der Waals surface area contributed by atoms with Gasteiger partial charge < -0.3 is 5.11 Å². The van der Waals surface area contributed by atoms with Crippen LogP contribution in [0.15, 0.2) is 30.5 Å². The maximum Gasteiger partial charge on any atom is 0.307 e. The van der Waals surface area contributed by atoms with Gasteiger partial charge in [0.05, 0.1) is 16.5 Å². The average molecular weight is 300 g/mol. The maximum atomic E-state index is 13.4. The number of carboxylic acid groups (broad SMARTS) is 1. The van der Waals surface area contributed by atoms with Crippen LogP contribution in [0.4, 0.5) is 4.39 Å². The number of hydrogen-bond acceptors (Lipinski definition) is 2. The second kappa shape index (κ2) is 5.55. The van der Waals surface area contributed by atoms with E-state index in [0.717, 1.165) is 0 Å². The lowest BCUT2D eigenvalue weighted by atomic mass is 10.0. The number of pyridine rings is 1. The summed E-state index contributed by atoms with van der Waals surface area (Å²) in [5.41, 5.74) is 1.29. The van der Waals surface area contributed by atoms with Gasteiger partial charge in [-0.1, -0.05) is 29.3 Å². The molecule has 19 heavy (non-hydrogen) atoms. The second-order valence-corrected chi connectivity index (χ2v) is 4.69. The first-order valence-electron chi connectivity index (χ1n) is 5.29. The Morgan fingerprint density at radius 1 is 1.21 bits per heavy atom. The zero-order valence-electron chi connectivity index (χ0n) is 9.53. The third-order valence-corrected chi connectivity index (χ3v) is 3.25. The Hall–Kier alpha value is -1.65. The predicted molar refractivity (Wildman–Crippen MR) is 71.0 cm³/mol. The zero-order valence-corrected chi connectivity index (χ0v) is 11.0. The molecule has 0 radical (unpaired) electrons. The molecule has 1 N–H and O–H groups in total. The van der Waals surface area contributed by atoms with E-state index < -0.39 is 18.3 Å². The fourth-order valence-corrected chi connectivity index (χ4v) is 1.91. The van der Waals surface area contributed by atoms with Crippen LogP contribution in [-0.2, 0) is 11.2 Å². The maximum absolute atomic E-state index is 13.4. The minimum Gasteiger partial charge on any atom is -0.481 e. The van der Waals surface area contributed by atoms with Gasteiger partial charge in [-0.05, 0) is 23.8 Å². The molecule has 0 bridgehead atoms. The fourth-order valence-electron chi connectivity index (χ4n) is 1.61. The minimum absolute atomic E-state index is 0.0241. The van der Waals surface area contributed by atoms with Gasteiger partial charge in [-0.15, -0.1) is 0 Å². The van der Waals surface area contributed by atoms with Crippen LogP contribution in [0.25, 0.3) is 11.1 Å². The monoisotopic (exact) mass is 299 g/mol. The van der Waals surface area contributed by atoms with E-state index in [1.54, 1.807) is 18.2 Å². The summed E-state index contributed by atoms with van der Waals surface area (Å²) in [6.07, 6.45) is 0.897. The highest BCUT2D eigenvalue weighted by molar-refractivity contribution is 6.42. The summed E-state index contributed by atoms with van der Waals surface area (Å²) in [6.45, 7) is 0. The molecule has 98 valence electrons.